The van der Waals surface area contributed by atoms with E-state index in [9.17, 15) is 9.90 Å². The van der Waals surface area contributed by atoms with E-state index in [1.165, 1.54) is 28.7 Å². The quantitative estimate of drug-likeness (QED) is 0.315. The Morgan fingerprint density at radius 1 is 1.30 bits per heavy atom. The molecule has 0 fully saturated rings. The molecule has 0 saturated carbocycles. The van der Waals surface area contributed by atoms with Crippen LogP contribution in [0.3, 0.4) is 0 Å². The zero-order valence-electron chi connectivity index (χ0n) is 14.7. The van der Waals surface area contributed by atoms with Gasteiger partial charge in [-0.25, -0.2) is 9.97 Å². The van der Waals surface area contributed by atoms with Gasteiger partial charge in [-0.15, -0.1) is 0 Å². The van der Waals surface area contributed by atoms with Gasteiger partial charge in [-0.2, -0.15) is 4.98 Å². The standard InChI is InChI=1S/C17H20N6O2S2/c1-10(8-24)20-14-13-15(21-16(27-13)19-7-12(18)25)23-17(22-14)26-9-11-5-3-2-4-6-11/h2-6,10,24H,7-9H2,1H3,(H2,18,25)(H2,19,20,21,22,23). The summed E-state index contributed by atoms with van der Waals surface area (Å²) in [5.41, 5.74) is 6.88. The Balaban J connectivity index is 1.87. The Morgan fingerprint density at radius 3 is 2.78 bits per heavy atom. The van der Waals surface area contributed by atoms with Crippen LogP contribution in [0.1, 0.15) is 12.5 Å². The number of aliphatic hydroxyl groups is 1. The van der Waals surface area contributed by atoms with Crippen LogP contribution in [0, 0.1) is 0 Å². The first-order valence-corrected chi connectivity index (χ1v) is 10.1. The highest BCUT2D eigenvalue weighted by Gasteiger charge is 2.15. The maximum atomic E-state index is 11.0. The van der Waals surface area contributed by atoms with Crippen LogP contribution in [0.5, 0.6) is 0 Å². The molecule has 1 aromatic carbocycles. The summed E-state index contributed by atoms with van der Waals surface area (Å²) < 4.78 is 0.756. The number of carbonyl (C=O) groups is 1. The molecule has 0 aliphatic heterocycles. The van der Waals surface area contributed by atoms with Crippen molar-refractivity contribution in [1.29, 1.82) is 0 Å². The minimum Gasteiger partial charge on any atom is -0.394 e. The summed E-state index contributed by atoms with van der Waals surface area (Å²) in [4.78, 5) is 24.5. The molecule has 1 unspecified atom stereocenters. The van der Waals surface area contributed by atoms with E-state index < -0.39 is 5.91 Å². The Bertz CT molecular complexity index is 918. The number of thiazole rings is 1. The summed E-state index contributed by atoms with van der Waals surface area (Å²) in [6.45, 7) is 1.83. The first-order chi connectivity index (χ1) is 13.0. The van der Waals surface area contributed by atoms with Gasteiger partial charge in [-0.3, -0.25) is 4.79 Å². The highest BCUT2D eigenvalue weighted by Crippen LogP contribution is 2.32. The summed E-state index contributed by atoms with van der Waals surface area (Å²) in [5.74, 6) is 0.881. The van der Waals surface area contributed by atoms with Crippen molar-refractivity contribution in [3.05, 3.63) is 35.9 Å². The van der Waals surface area contributed by atoms with E-state index in [0.29, 0.717) is 21.8 Å². The summed E-state index contributed by atoms with van der Waals surface area (Å²) in [6, 6.07) is 9.89. The monoisotopic (exact) mass is 404 g/mol. The van der Waals surface area contributed by atoms with Crippen LogP contribution in [0.25, 0.3) is 10.3 Å². The number of primary amides is 1. The second-order valence-electron chi connectivity index (χ2n) is 5.85. The molecule has 1 amide bonds. The number of thioether (sulfide) groups is 1. The van der Waals surface area contributed by atoms with E-state index in [1.54, 1.807) is 0 Å². The topological polar surface area (TPSA) is 126 Å². The summed E-state index contributed by atoms with van der Waals surface area (Å²) in [5, 5.41) is 16.6. The van der Waals surface area contributed by atoms with Crippen LogP contribution in [0.15, 0.2) is 35.5 Å². The van der Waals surface area contributed by atoms with E-state index in [1.807, 2.05) is 37.3 Å². The molecule has 0 aliphatic carbocycles. The minimum atomic E-state index is -0.466. The van der Waals surface area contributed by atoms with Crippen LogP contribution in [0.4, 0.5) is 10.9 Å². The fourth-order valence-electron chi connectivity index (χ4n) is 2.21. The Labute approximate surface area is 164 Å². The van der Waals surface area contributed by atoms with Gasteiger partial charge in [0.05, 0.1) is 13.2 Å². The maximum Gasteiger partial charge on any atom is 0.236 e. The number of rotatable bonds is 9. The fraction of sp³-hybridized carbons (Fsp3) is 0.294. The molecular weight excluding hydrogens is 384 g/mol. The lowest BCUT2D eigenvalue weighted by Crippen LogP contribution is -2.21. The van der Waals surface area contributed by atoms with Crippen molar-refractivity contribution in [3.8, 4) is 0 Å². The van der Waals surface area contributed by atoms with E-state index in [0.717, 1.165) is 10.5 Å². The molecule has 3 rings (SSSR count). The Hall–Kier alpha value is -2.43. The van der Waals surface area contributed by atoms with Crippen LogP contribution >= 0.6 is 23.1 Å². The van der Waals surface area contributed by atoms with Gasteiger partial charge in [0.1, 0.15) is 4.70 Å². The molecule has 1 atom stereocenters. The number of aromatic nitrogens is 3. The molecule has 10 heteroatoms. The number of fused-ring (bicyclic) bond motifs is 1. The predicted octanol–water partition coefficient (Wildman–Crippen LogP) is 2.07. The number of anilines is 2. The van der Waals surface area contributed by atoms with Crippen molar-refractivity contribution in [2.45, 2.75) is 23.9 Å². The summed E-state index contributed by atoms with van der Waals surface area (Å²) in [6.07, 6.45) is 0. The highest BCUT2D eigenvalue weighted by molar-refractivity contribution is 7.98. The van der Waals surface area contributed by atoms with E-state index >= 15 is 0 Å². The molecule has 2 heterocycles. The van der Waals surface area contributed by atoms with Crippen molar-refractivity contribution in [2.24, 2.45) is 5.73 Å². The average molecular weight is 405 g/mol. The fourth-order valence-corrected chi connectivity index (χ4v) is 3.85. The minimum absolute atomic E-state index is 0.00132. The van der Waals surface area contributed by atoms with Gasteiger partial charge in [0.25, 0.3) is 0 Å². The lowest BCUT2D eigenvalue weighted by Gasteiger charge is -2.12. The largest absolute Gasteiger partial charge is 0.394 e. The number of nitrogens with one attached hydrogen (secondary N) is 2. The zero-order valence-corrected chi connectivity index (χ0v) is 16.3. The Morgan fingerprint density at radius 2 is 2.07 bits per heavy atom. The average Bonchev–Trinajstić information content (AvgIpc) is 3.09. The molecule has 142 valence electrons. The zero-order chi connectivity index (χ0) is 19.2. The number of carbonyl (C=O) groups excluding carboxylic acids is 1. The van der Waals surface area contributed by atoms with Gasteiger partial charge >= 0.3 is 0 Å². The molecule has 3 aromatic rings. The first kappa shape index (κ1) is 19.3. The second kappa shape index (κ2) is 8.98. The van der Waals surface area contributed by atoms with Gasteiger partial charge in [0.2, 0.25) is 5.91 Å². The third kappa shape index (κ3) is 5.28. The maximum absolute atomic E-state index is 11.0. The molecule has 0 radical (unpaired) electrons. The molecule has 5 N–H and O–H groups in total. The smallest absolute Gasteiger partial charge is 0.236 e. The molecule has 0 bridgehead atoms. The molecule has 27 heavy (non-hydrogen) atoms. The van der Waals surface area contributed by atoms with Gasteiger partial charge in [0.15, 0.2) is 21.8 Å². The van der Waals surface area contributed by atoms with Crippen molar-refractivity contribution < 1.29 is 9.90 Å². The third-order valence-electron chi connectivity index (χ3n) is 3.51. The second-order valence-corrected chi connectivity index (χ2v) is 7.79. The molecular formula is C17H20N6O2S2. The van der Waals surface area contributed by atoms with Crippen molar-refractivity contribution >= 4 is 50.3 Å². The molecule has 0 aliphatic rings. The number of nitrogens with zero attached hydrogens (tertiary/aromatic N) is 3. The van der Waals surface area contributed by atoms with Crippen molar-refractivity contribution in [2.75, 3.05) is 23.8 Å². The first-order valence-electron chi connectivity index (χ1n) is 8.30. The lowest BCUT2D eigenvalue weighted by molar-refractivity contribution is -0.116. The van der Waals surface area contributed by atoms with Crippen LogP contribution in [0.2, 0.25) is 0 Å². The molecule has 8 nitrogen and oxygen atoms in total. The van der Waals surface area contributed by atoms with Crippen LogP contribution in [-0.2, 0) is 10.5 Å². The number of benzene rings is 1. The highest BCUT2D eigenvalue weighted by atomic mass is 32.2. The molecule has 0 saturated heterocycles. The van der Waals surface area contributed by atoms with Gasteiger partial charge in [-0.1, -0.05) is 53.4 Å². The van der Waals surface area contributed by atoms with Gasteiger partial charge in [-0.05, 0) is 12.5 Å². The number of hydrogen-bond donors (Lipinski definition) is 4. The molecule has 0 spiro atoms. The number of aliphatic hydroxyl groups excluding tert-OH is 1. The van der Waals surface area contributed by atoms with Crippen molar-refractivity contribution in [3.63, 3.8) is 0 Å². The number of nitrogens with two attached hydrogens (primary N) is 1. The number of amides is 1. The van der Waals surface area contributed by atoms with E-state index in [2.05, 4.69) is 25.6 Å². The SMILES string of the molecule is CC(CO)Nc1nc(SCc2ccccc2)nc2nc(NCC(N)=O)sc12. The predicted molar refractivity (Wildman–Crippen MR) is 109 cm³/mol. The van der Waals surface area contributed by atoms with Gasteiger partial charge < -0.3 is 21.5 Å². The Kier molecular flexibility index (Phi) is 6.43. The lowest BCUT2D eigenvalue weighted by atomic mass is 10.2. The number of hydrogen-bond acceptors (Lipinski definition) is 9. The molecule has 2 aromatic heterocycles. The third-order valence-corrected chi connectivity index (χ3v) is 5.44. The van der Waals surface area contributed by atoms with Crippen LogP contribution < -0.4 is 16.4 Å². The van der Waals surface area contributed by atoms with E-state index in [4.69, 9.17) is 5.73 Å². The van der Waals surface area contributed by atoms with Crippen molar-refractivity contribution in [1.82, 2.24) is 15.0 Å². The van der Waals surface area contributed by atoms with E-state index in [-0.39, 0.29) is 19.2 Å². The van der Waals surface area contributed by atoms with Gasteiger partial charge in [0, 0.05) is 11.8 Å². The normalized spacial score (nSPS) is 12.1. The summed E-state index contributed by atoms with van der Waals surface area (Å²) >= 11 is 2.84. The van der Waals surface area contributed by atoms with Crippen LogP contribution in [-0.4, -0.2) is 45.2 Å². The summed E-state index contributed by atoms with van der Waals surface area (Å²) in [7, 11) is 0.